The highest BCUT2D eigenvalue weighted by Crippen LogP contribution is 2.40. The van der Waals surface area contributed by atoms with Crippen molar-refractivity contribution in [2.75, 3.05) is 9.80 Å². The van der Waals surface area contributed by atoms with Crippen molar-refractivity contribution in [3.8, 4) is 11.1 Å². The van der Waals surface area contributed by atoms with Gasteiger partial charge in [0.05, 0.1) is 0 Å². The van der Waals surface area contributed by atoms with Crippen LogP contribution in [0, 0.1) is 12.8 Å². The molecule has 2 aliphatic rings. The van der Waals surface area contributed by atoms with Gasteiger partial charge in [0.15, 0.2) is 0 Å². The number of fused-ring (bicyclic) bond motifs is 3. The molecule has 59 heavy (non-hydrogen) atoms. The molecule has 7 aromatic carbocycles. The number of benzene rings is 7. The molecular weight excluding hydrogens is 713 g/mol. The summed E-state index contributed by atoms with van der Waals surface area (Å²) in [5.41, 5.74) is 12.2. The maximum atomic E-state index is 4.03. The fourth-order valence-electron chi connectivity index (χ4n) is 8.96. The zero-order valence-corrected chi connectivity index (χ0v) is 34.2. The molecule has 0 spiro atoms. The Morgan fingerprint density at radius 2 is 1.27 bits per heavy atom. The minimum absolute atomic E-state index is 0.301. The van der Waals surface area contributed by atoms with Gasteiger partial charge >= 0.3 is 0 Å². The molecule has 0 amide bonds. The van der Waals surface area contributed by atoms with E-state index >= 15 is 0 Å². The van der Waals surface area contributed by atoms with Crippen LogP contribution in [0.3, 0.4) is 0 Å². The highest BCUT2D eigenvalue weighted by molar-refractivity contribution is 5.93. The average Bonchev–Trinajstić information content (AvgIpc) is 3.27. The number of anilines is 3. The van der Waals surface area contributed by atoms with Crippen molar-refractivity contribution in [1.29, 1.82) is 0 Å². The first-order chi connectivity index (χ1) is 29.0. The van der Waals surface area contributed by atoms with Crippen molar-refractivity contribution in [3.63, 3.8) is 0 Å². The Kier molecular flexibility index (Phi) is 10.5. The molecule has 0 heterocycles. The van der Waals surface area contributed by atoms with E-state index in [1.165, 1.54) is 71.7 Å². The van der Waals surface area contributed by atoms with E-state index in [1.54, 1.807) is 0 Å². The smallest absolute Gasteiger partial charge is 0.0468 e. The van der Waals surface area contributed by atoms with Gasteiger partial charge in [0.25, 0.3) is 0 Å². The number of nitrogens with zero attached hydrogens (tertiary/aromatic N) is 2. The Balaban J connectivity index is 0.989. The van der Waals surface area contributed by atoms with E-state index in [1.807, 2.05) is 6.08 Å². The number of allylic oxidation sites excluding steroid dienone is 11. The third-order valence-electron chi connectivity index (χ3n) is 11.9. The van der Waals surface area contributed by atoms with Crippen molar-refractivity contribution in [2.45, 2.75) is 39.5 Å². The minimum Gasteiger partial charge on any atom is -0.315 e. The van der Waals surface area contributed by atoms with Gasteiger partial charge in [0.1, 0.15) is 0 Å². The summed E-state index contributed by atoms with van der Waals surface area (Å²) in [5, 5.41) is 7.38. The predicted molar refractivity (Wildman–Crippen MR) is 255 cm³/mol. The molecule has 0 fully saturated rings. The number of rotatable bonds is 10. The van der Waals surface area contributed by atoms with Crippen LogP contribution in [-0.4, -0.2) is 0 Å². The normalized spacial score (nSPS) is 16.8. The van der Waals surface area contributed by atoms with E-state index in [2.05, 4.69) is 231 Å². The summed E-state index contributed by atoms with van der Waals surface area (Å²) in [4.78, 5) is 4.78. The molecule has 7 aromatic rings. The lowest BCUT2D eigenvalue weighted by Crippen LogP contribution is -2.24. The van der Waals surface area contributed by atoms with Crippen molar-refractivity contribution >= 4 is 49.4 Å². The van der Waals surface area contributed by atoms with Crippen LogP contribution in [0.1, 0.15) is 43.7 Å². The van der Waals surface area contributed by atoms with Gasteiger partial charge in [-0.05, 0) is 154 Å². The summed E-state index contributed by atoms with van der Waals surface area (Å²) in [5.74, 6) is 0.635. The predicted octanol–water partition coefficient (Wildman–Crippen LogP) is 15.8. The second-order valence-corrected chi connectivity index (χ2v) is 15.8. The molecule has 2 aliphatic carbocycles. The Hall–Kier alpha value is -6.90. The molecule has 0 aromatic heterocycles. The van der Waals surface area contributed by atoms with Gasteiger partial charge in [-0.25, -0.2) is 0 Å². The van der Waals surface area contributed by atoms with Crippen LogP contribution in [0.15, 0.2) is 224 Å². The molecule has 0 saturated carbocycles. The van der Waals surface area contributed by atoms with E-state index in [-0.39, 0.29) is 0 Å². The number of hydrogen-bond acceptors (Lipinski definition) is 2. The summed E-state index contributed by atoms with van der Waals surface area (Å²) in [6.45, 7) is 10.7. The minimum atomic E-state index is 0.301. The van der Waals surface area contributed by atoms with Crippen LogP contribution < -0.4 is 9.80 Å². The molecule has 0 saturated heterocycles. The molecule has 2 heteroatoms. The standard InChI is InChI=1S/C57H50N2/c1-5-14-50(15-6-2)58(53-28-24-42-16-10-12-18-44(42)37-53)55-30-26-48-36-47(22-23-49(48)39-55)46-27-32-56(40(3)34-46)57-33-31-52(35-41(57)4)59(51-20-8-7-9-21-51)54-29-25-43-17-11-13-19-45(43)38-54/h5-8,10-20,22-39,41,57H,1,9,21H2,2-4H3/b15-6-,50-14+. The molecular formula is C57H50N2. The first-order valence-corrected chi connectivity index (χ1v) is 20.9. The molecule has 9 rings (SSSR count). The molecule has 2 nitrogen and oxygen atoms in total. The third kappa shape index (κ3) is 7.63. The number of hydrogen-bond donors (Lipinski definition) is 0. The highest BCUT2D eigenvalue weighted by atomic mass is 15.2. The zero-order chi connectivity index (χ0) is 40.3. The SMILES string of the molecule is C=C/C=C(\C=C/C)N(c1ccc2ccccc2c1)c1ccc2cc(-c3ccc(C4C=CC(N(C5=CC=CCC5)c5ccc6ccccc6c5)=CC4C)c(C)c3)ccc2c1. The van der Waals surface area contributed by atoms with Gasteiger partial charge in [0, 0.05) is 40.1 Å². The molecule has 0 aliphatic heterocycles. The Bertz CT molecular complexity index is 2910. The van der Waals surface area contributed by atoms with Gasteiger partial charge in [-0.15, -0.1) is 0 Å². The topological polar surface area (TPSA) is 6.48 Å². The maximum absolute atomic E-state index is 4.03. The van der Waals surface area contributed by atoms with Gasteiger partial charge in [0.2, 0.25) is 0 Å². The van der Waals surface area contributed by atoms with Crippen LogP contribution in [0.4, 0.5) is 17.1 Å². The quantitative estimate of drug-likeness (QED) is 0.128. The molecule has 0 radical (unpaired) electrons. The van der Waals surface area contributed by atoms with Crippen LogP contribution in [0.2, 0.25) is 0 Å². The molecule has 0 bridgehead atoms. The Morgan fingerprint density at radius 1 is 0.678 bits per heavy atom. The lowest BCUT2D eigenvalue weighted by atomic mass is 9.80. The van der Waals surface area contributed by atoms with E-state index in [0.29, 0.717) is 11.8 Å². The molecule has 288 valence electrons. The van der Waals surface area contributed by atoms with Crippen LogP contribution >= 0.6 is 0 Å². The Morgan fingerprint density at radius 3 is 1.92 bits per heavy atom. The lowest BCUT2D eigenvalue weighted by Gasteiger charge is -2.34. The molecule has 0 N–H and O–H groups in total. The maximum Gasteiger partial charge on any atom is 0.0468 e. The van der Waals surface area contributed by atoms with E-state index in [9.17, 15) is 0 Å². The van der Waals surface area contributed by atoms with E-state index < -0.39 is 0 Å². The first kappa shape index (κ1) is 37.7. The van der Waals surface area contributed by atoms with Crippen molar-refractivity contribution < 1.29 is 0 Å². The van der Waals surface area contributed by atoms with Crippen LogP contribution in [0.5, 0.6) is 0 Å². The largest absolute Gasteiger partial charge is 0.315 e. The average molecular weight is 763 g/mol. The monoisotopic (exact) mass is 762 g/mol. The summed E-state index contributed by atoms with van der Waals surface area (Å²) < 4.78 is 0. The van der Waals surface area contributed by atoms with Gasteiger partial charge in [-0.2, -0.15) is 0 Å². The summed E-state index contributed by atoms with van der Waals surface area (Å²) in [6.07, 6.45) is 24.2. The van der Waals surface area contributed by atoms with Gasteiger partial charge in [-0.1, -0.05) is 147 Å². The zero-order valence-electron chi connectivity index (χ0n) is 34.2. The fourth-order valence-corrected chi connectivity index (χ4v) is 8.96. The second-order valence-electron chi connectivity index (χ2n) is 15.8. The van der Waals surface area contributed by atoms with Crippen molar-refractivity contribution in [3.05, 3.63) is 235 Å². The summed E-state index contributed by atoms with van der Waals surface area (Å²) in [7, 11) is 0. The lowest BCUT2D eigenvalue weighted by molar-refractivity contribution is 0.624. The summed E-state index contributed by atoms with van der Waals surface area (Å²) in [6, 6.07) is 51.4. The fraction of sp³-hybridized carbons (Fsp3) is 0.123. The van der Waals surface area contributed by atoms with Gasteiger partial charge in [-0.3, -0.25) is 0 Å². The van der Waals surface area contributed by atoms with Crippen LogP contribution in [-0.2, 0) is 0 Å². The van der Waals surface area contributed by atoms with E-state index in [0.717, 1.165) is 29.9 Å². The van der Waals surface area contributed by atoms with Crippen LogP contribution in [0.25, 0.3) is 43.4 Å². The summed E-state index contributed by atoms with van der Waals surface area (Å²) >= 11 is 0. The van der Waals surface area contributed by atoms with Gasteiger partial charge < -0.3 is 9.80 Å². The van der Waals surface area contributed by atoms with E-state index in [4.69, 9.17) is 0 Å². The highest BCUT2D eigenvalue weighted by Gasteiger charge is 2.25. The molecule has 2 unspecified atom stereocenters. The van der Waals surface area contributed by atoms with Crippen molar-refractivity contribution in [2.24, 2.45) is 5.92 Å². The second kappa shape index (κ2) is 16.5. The first-order valence-electron chi connectivity index (χ1n) is 20.9. The number of aryl methyl sites for hydroxylation is 1. The third-order valence-corrected chi connectivity index (χ3v) is 11.9. The van der Waals surface area contributed by atoms with Crippen molar-refractivity contribution in [1.82, 2.24) is 0 Å². The molecule has 2 atom stereocenters. The Labute approximate surface area is 349 Å².